The van der Waals surface area contributed by atoms with E-state index in [-0.39, 0.29) is 5.91 Å². The van der Waals surface area contributed by atoms with Crippen molar-refractivity contribution in [1.29, 1.82) is 0 Å². The molecular weight excluding hydrogens is 238 g/mol. The molecule has 0 aliphatic carbocycles. The lowest BCUT2D eigenvalue weighted by molar-refractivity contribution is -0.110. The van der Waals surface area contributed by atoms with E-state index >= 15 is 0 Å². The minimum absolute atomic E-state index is 0.0960. The van der Waals surface area contributed by atoms with Crippen molar-refractivity contribution in [2.24, 2.45) is 0 Å². The van der Waals surface area contributed by atoms with E-state index in [0.29, 0.717) is 5.57 Å². The van der Waals surface area contributed by atoms with E-state index in [1.54, 1.807) is 6.20 Å². The summed E-state index contributed by atoms with van der Waals surface area (Å²) in [6.07, 6.45) is 1.70. The third-order valence-electron chi connectivity index (χ3n) is 2.96. The van der Waals surface area contributed by atoms with Crippen molar-refractivity contribution in [2.45, 2.75) is 6.92 Å². The van der Waals surface area contributed by atoms with E-state index in [9.17, 15) is 4.79 Å². The van der Waals surface area contributed by atoms with Crippen LogP contribution in [0.25, 0.3) is 5.57 Å². The van der Waals surface area contributed by atoms with Crippen LogP contribution in [0.1, 0.15) is 11.3 Å². The van der Waals surface area contributed by atoms with Crippen LogP contribution in [0.15, 0.2) is 48.7 Å². The number of carbonyl (C=O) groups excluding carboxylic acids is 1. The number of nitrogens with zero attached hydrogens (tertiary/aromatic N) is 1. The van der Waals surface area contributed by atoms with Crippen molar-refractivity contribution < 1.29 is 4.79 Å². The van der Waals surface area contributed by atoms with Gasteiger partial charge in [-0.15, -0.1) is 0 Å². The van der Waals surface area contributed by atoms with E-state index in [0.717, 1.165) is 22.8 Å². The first kappa shape index (κ1) is 11.5. The summed E-state index contributed by atoms with van der Waals surface area (Å²) in [7, 11) is 0. The topological polar surface area (TPSA) is 54.0 Å². The lowest BCUT2D eigenvalue weighted by atomic mass is 10.1. The maximum atomic E-state index is 11.9. The third kappa shape index (κ3) is 2.20. The highest BCUT2D eigenvalue weighted by Crippen LogP contribution is 2.30. The highest BCUT2D eigenvalue weighted by atomic mass is 16.2. The SMILES string of the molecule is Cc1cccc(N/C=C2\C(=O)Nc3ccccc32)n1. The van der Waals surface area contributed by atoms with Gasteiger partial charge in [0.15, 0.2) is 0 Å². The van der Waals surface area contributed by atoms with Crippen molar-refractivity contribution >= 4 is 23.0 Å². The second-order valence-corrected chi connectivity index (χ2v) is 4.37. The molecule has 3 rings (SSSR count). The maximum absolute atomic E-state index is 11.9. The number of aryl methyl sites for hydroxylation is 1. The van der Waals surface area contributed by atoms with Gasteiger partial charge in [-0.2, -0.15) is 0 Å². The summed E-state index contributed by atoms with van der Waals surface area (Å²) in [6, 6.07) is 13.3. The molecule has 1 aromatic heterocycles. The molecular formula is C15H13N3O. The van der Waals surface area contributed by atoms with Gasteiger partial charge in [-0.1, -0.05) is 24.3 Å². The highest BCUT2D eigenvalue weighted by Gasteiger charge is 2.23. The van der Waals surface area contributed by atoms with Gasteiger partial charge in [0.25, 0.3) is 5.91 Å². The second-order valence-electron chi connectivity index (χ2n) is 4.37. The fourth-order valence-electron chi connectivity index (χ4n) is 2.05. The first-order valence-electron chi connectivity index (χ1n) is 6.05. The van der Waals surface area contributed by atoms with Gasteiger partial charge in [0.2, 0.25) is 0 Å². The van der Waals surface area contributed by atoms with Crippen LogP contribution < -0.4 is 10.6 Å². The number of hydrogen-bond acceptors (Lipinski definition) is 3. The molecule has 1 amide bonds. The van der Waals surface area contributed by atoms with E-state index < -0.39 is 0 Å². The molecule has 0 bridgehead atoms. The molecule has 2 heterocycles. The van der Waals surface area contributed by atoms with Gasteiger partial charge in [-0.05, 0) is 25.1 Å². The van der Waals surface area contributed by atoms with Gasteiger partial charge in [-0.3, -0.25) is 4.79 Å². The van der Waals surface area contributed by atoms with Crippen molar-refractivity contribution in [3.63, 3.8) is 0 Å². The molecule has 1 aliphatic heterocycles. The summed E-state index contributed by atoms with van der Waals surface area (Å²) in [5.74, 6) is 0.631. The predicted octanol–water partition coefficient (Wildman–Crippen LogP) is 2.80. The average Bonchev–Trinajstić information content (AvgIpc) is 2.72. The number of para-hydroxylation sites is 1. The molecule has 0 fully saturated rings. The summed E-state index contributed by atoms with van der Waals surface area (Å²) in [6.45, 7) is 1.93. The lowest BCUT2D eigenvalue weighted by Gasteiger charge is -2.02. The van der Waals surface area contributed by atoms with E-state index in [1.165, 1.54) is 0 Å². The minimum atomic E-state index is -0.0960. The van der Waals surface area contributed by atoms with Gasteiger partial charge >= 0.3 is 0 Å². The van der Waals surface area contributed by atoms with E-state index in [2.05, 4.69) is 15.6 Å². The Kier molecular flexibility index (Phi) is 2.76. The van der Waals surface area contributed by atoms with Gasteiger partial charge in [0.1, 0.15) is 5.82 Å². The Labute approximate surface area is 111 Å². The van der Waals surface area contributed by atoms with Gasteiger partial charge in [0, 0.05) is 23.1 Å². The molecule has 0 unspecified atom stereocenters. The molecule has 94 valence electrons. The average molecular weight is 251 g/mol. The van der Waals surface area contributed by atoms with Crippen LogP contribution in [-0.2, 0) is 4.79 Å². The van der Waals surface area contributed by atoms with Gasteiger partial charge < -0.3 is 10.6 Å². The monoisotopic (exact) mass is 251 g/mol. The molecule has 1 aliphatic rings. The van der Waals surface area contributed by atoms with E-state index in [1.807, 2.05) is 49.4 Å². The summed E-state index contributed by atoms with van der Waals surface area (Å²) in [4.78, 5) is 16.2. The number of rotatable bonds is 2. The first-order valence-corrected chi connectivity index (χ1v) is 6.05. The lowest BCUT2D eigenvalue weighted by Crippen LogP contribution is -2.05. The number of fused-ring (bicyclic) bond motifs is 1. The van der Waals surface area contributed by atoms with Crippen LogP contribution in [-0.4, -0.2) is 10.9 Å². The standard InChI is InChI=1S/C15H13N3O/c1-10-5-4-8-14(17-10)16-9-12-11-6-2-3-7-13(11)18-15(12)19/h2-9H,1H3,(H,16,17)(H,18,19)/b12-9-. The Morgan fingerprint density at radius 2 is 2.00 bits per heavy atom. The number of amides is 1. The molecule has 4 heteroatoms. The molecule has 1 aromatic carbocycles. The number of carbonyl (C=O) groups is 1. The molecule has 2 aromatic rings. The number of benzene rings is 1. The van der Waals surface area contributed by atoms with Crippen LogP contribution in [0.4, 0.5) is 11.5 Å². The second kappa shape index (κ2) is 4.57. The number of hydrogen-bond donors (Lipinski definition) is 2. The van der Waals surface area contributed by atoms with Crippen LogP contribution in [0.5, 0.6) is 0 Å². The Bertz CT molecular complexity index is 677. The molecule has 0 saturated heterocycles. The summed E-state index contributed by atoms with van der Waals surface area (Å²) < 4.78 is 0. The summed E-state index contributed by atoms with van der Waals surface area (Å²) in [5, 5.41) is 5.89. The number of anilines is 2. The fraction of sp³-hybridized carbons (Fsp3) is 0.0667. The fourth-order valence-corrected chi connectivity index (χ4v) is 2.05. The van der Waals surface area contributed by atoms with Crippen LogP contribution in [0.3, 0.4) is 0 Å². The number of nitrogens with one attached hydrogen (secondary N) is 2. The van der Waals surface area contributed by atoms with Crippen molar-refractivity contribution in [3.8, 4) is 0 Å². The Balaban J connectivity index is 1.90. The zero-order valence-electron chi connectivity index (χ0n) is 10.5. The van der Waals surface area contributed by atoms with Crippen LogP contribution >= 0.6 is 0 Å². The minimum Gasteiger partial charge on any atom is -0.346 e. The Morgan fingerprint density at radius 1 is 1.16 bits per heavy atom. The first-order chi connectivity index (χ1) is 9.24. The van der Waals surface area contributed by atoms with Crippen molar-refractivity contribution in [2.75, 3.05) is 10.6 Å². The van der Waals surface area contributed by atoms with Gasteiger partial charge in [-0.25, -0.2) is 4.98 Å². The Morgan fingerprint density at radius 3 is 2.84 bits per heavy atom. The molecule has 2 N–H and O–H groups in total. The van der Waals surface area contributed by atoms with Crippen molar-refractivity contribution in [3.05, 3.63) is 59.9 Å². The zero-order chi connectivity index (χ0) is 13.2. The molecule has 0 spiro atoms. The smallest absolute Gasteiger partial charge is 0.257 e. The molecule has 4 nitrogen and oxygen atoms in total. The number of aromatic nitrogens is 1. The highest BCUT2D eigenvalue weighted by molar-refractivity contribution is 6.31. The maximum Gasteiger partial charge on any atom is 0.257 e. The summed E-state index contributed by atoms with van der Waals surface area (Å²) >= 11 is 0. The largest absolute Gasteiger partial charge is 0.346 e. The molecule has 19 heavy (non-hydrogen) atoms. The van der Waals surface area contributed by atoms with Crippen LogP contribution in [0, 0.1) is 6.92 Å². The van der Waals surface area contributed by atoms with E-state index in [4.69, 9.17) is 0 Å². The van der Waals surface area contributed by atoms with Gasteiger partial charge in [0.05, 0.1) is 5.57 Å². The predicted molar refractivity (Wildman–Crippen MR) is 75.6 cm³/mol. The molecule has 0 saturated carbocycles. The molecule has 0 radical (unpaired) electrons. The number of pyridine rings is 1. The molecule has 0 atom stereocenters. The van der Waals surface area contributed by atoms with Crippen molar-refractivity contribution in [1.82, 2.24) is 4.98 Å². The summed E-state index contributed by atoms with van der Waals surface area (Å²) in [5.41, 5.74) is 3.31. The third-order valence-corrected chi connectivity index (χ3v) is 2.96. The Hall–Kier alpha value is -2.62. The normalized spacial score (nSPS) is 15.2. The quantitative estimate of drug-likeness (QED) is 0.807. The van der Waals surface area contributed by atoms with Crippen LogP contribution in [0.2, 0.25) is 0 Å². The zero-order valence-corrected chi connectivity index (χ0v) is 10.5.